The Bertz CT molecular complexity index is 1450. The molecule has 73 heavy (non-hydrogen) atoms. The van der Waals surface area contributed by atoms with E-state index in [1.807, 2.05) is 6.92 Å². The van der Waals surface area contributed by atoms with Crippen molar-refractivity contribution in [2.24, 2.45) is 56.7 Å². The normalized spacial score (nSPS) is 30.3. The van der Waals surface area contributed by atoms with Gasteiger partial charge in [0.1, 0.15) is 32.3 Å². The molecule has 14 heteroatoms. The predicted molar refractivity (Wildman–Crippen MR) is 286 cm³/mol. The number of allylic oxidation sites excluding steroid dienone is 1. The monoisotopic (exact) mass is 1120 g/mol. The number of aliphatic hydroxyl groups excluding tert-OH is 2. The lowest BCUT2D eigenvalue weighted by atomic mass is 9.32. The fourth-order valence-electron chi connectivity index (χ4n) is 15.0. The van der Waals surface area contributed by atoms with Gasteiger partial charge in [0.2, 0.25) is 0 Å². The molecule has 0 saturated heterocycles. The van der Waals surface area contributed by atoms with Crippen molar-refractivity contribution in [2.45, 2.75) is 217 Å². The molecule has 5 aliphatic carbocycles. The highest BCUT2D eigenvalue weighted by atomic mass is 35.5. The van der Waals surface area contributed by atoms with E-state index in [0.717, 1.165) is 77.5 Å². The summed E-state index contributed by atoms with van der Waals surface area (Å²) >= 11 is 0. The summed E-state index contributed by atoms with van der Waals surface area (Å²) in [6, 6.07) is 0. The molecule has 5 unspecified atom stereocenters. The molecule has 0 spiro atoms. The van der Waals surface area contributed by atoms with Gasteiger partial charge in [-0.1, -0.05) is 120 Å². The average Bonchev–Trinajstić information content (AvgIpc) is 3.71. The van der Waals surface area contributed by atoms with Gasteiger partial charge in [-0.3, -0.25) is 4.79 Å². The molecular weight excluding hydrogens is 1000 g/mol. The predicted octanol–water partition coefficient (Wildman–Crippen LogP) is -4.72. The number of rotatable bonds is 25. The van der Waals surface area contributed by atoms with Crippen molar-refractivity contribution >= 4 is 11.9 Å². The van der Waals surface area contributed by atoms with Gasteiger partial charge < -0.3 is 90.2 Å². The Morgan fingerprint density at radius 1 is 0.644 bits per heavy atom. The van der Waals surface area contributed by atoms with Crippen molar-refractivity contribution in [3.8, 4) is 0 Å². The Kier molecular flexibility index (Phi) is 41.1. The largest absolute Gasteiger partial charge is 1.00 e. The Balaban J connectivity index is -0.00000173. The van der Waals surface area contributed by atoms with Crippen LogP contribution < -0.4 is 70.5 Å². The Morgan fingerprint density at radius 3 is 1.81 bits per heavy atom. The molecule has 0 radical (unpaired) electrons. The lowest BCUT2D eigenvalue weighted by Gasteiger charge is -2.73. The maximum absolute atomic E-state index is 13.1. The molecular formula is C59H118Cl4N4O6. The van der Waals surface area contributed by atoms with E-state index in [0.29, 0.717) is 55.8 Å². The van der Waals surface area contributed by atoms with Gasteiger partial charge in [0.25, 0.3) is 0 Å². The number of esters is 2. The van der Waals surface area contributed by atoms with Gasteiger partial charge in [-0.05, 0) is 143 Å². The van der Waals surface area contributed by atoms with Crippen molar-refractivity contribution in [2.75, 3.05) is 79.7 Å². The zero-order valence-electron chi connectivity index (χ0n) is 49.4. The molecule has 10 nitrogen and oxygen atoms in total. The number of halogens is 4. The number of unbranched alkanes of at least 4 members (excludes halogenated alkanes) is 6. The third kappa shape index (κ3) is 21.3. The number of carbonyl (C=O) groups is 2. The van der Waals surface area contributed by atoms with Gasteiger partial charge in [0.15, 0.2) is 6.54 Å². The standard InChI is InChI=1S/C42H72N2O5.C7H18N2O.2C5H12.4ClH/c1-10-35(46)49-34-17-18-39(6)32(38(34,4)5)16-19-41(8)33(39)14-13-31-37-30(29(2)3)15-20-42(37,22-21-40(31,41)7)28-48-36(47)27-43-23-25-44(9)24-11-12-26-45;1-8-5-6-9-4-2-3-7-10;2*1-3-5-4-2;;;;/h30-34,37,43,45H,2,10-28H2,1,3-9H3;8-10H,2-7H2,1H3;2*3-5H2,1-2H3;4*1H/t30-,31?,32?,33?,34-,37?,39-,40+,41+,42+;;;;;;;/m0......./s1. The minimum absolute atomic E-state index is 0. The summed E-state index contributed by atoms with van der Waals surface area (Å²) in [7, 11) is 4.28. The van der Waals surface area contributed by atoms with Crippen LogP contribution in [-0.2, 0) is 19.1 Å². The molecule has 0 aromatic rings. The third-order valence-electron chi connectivity index (χ3n) is 19.2. The first-order chi connectivity index (χ1) is 32.8. The van der Waals surface area contributed by atoms with Crippen LogP contribution in [0.25, 0.3) is 0 Å². The number of ether oxygens (including phenoxy) is 2. The van der Waals surface area contributed by atoms with E-state index < -0.39 is 0 Å². The zero-order valence-corrected chi connectivity index (χ0v) is 52.4. The Morgan fingerprint density at radius 2 is 1.26 bits per heavy atom. The van der Waals surface area contributed by atoms with Crippen LogP contribution in [0.3, 0.4) is 0 Å². The SMILES string of the molecule is C=C(C)[C@@H]1CC[C@]2(COC(=O)C[NH2+]CC[NH+](C)CCCCO)CC[C@]3(C)C(CCC4[C@@]5(C)CC[C@H](OC(=O)CC)C(C)(C)C5CC[C@]43C)C12.CCCCC.CCCCC.C[NH2+]CC[NH2+]CCCCO.[Cl-].[Cl-].[Cl-].[Cl-]. The van der Waals surface area contributed by atoms with E-state index in [4.69, 9.17) is 19.7 Å². The molecule has 0 bridgehead atoms. The number of hydrogen-bond donors (Lipinski definition) is 6. The van der Waals surface area contributed by atoms with Gasteiger partial charge in [-0.15, -0.1) is 0 Å². The minimum atomic E-state index is -0.0667. The second kappa shape index (κ2) is 39.0. The number of likely N-dealkylation sites (N-methyl/N-ethyl adjacent to an activating group) is 2. The van der Waals surface area contributed by atoms with Crippen LogP contribution in [0.15, 0.2) is 12.2 Å². The lowest BCUT2D eigenvalue weighted by Crippen LogP contribution is -3.12. The highest BCUT2D eigenvalue weighted by molar-refractivity contribution is 5.70. The molecule has 5 rings (SSSR count). The number of aliphatic hydroxyl groups is 2. The quantitative estimate of drug-likeness (QED) is 0.0308. The molecule has 9 N–H and O–H groups in total. The van der Waals surface area contributed by atoms with Crippen molar-refractivity contribution in [1.82, 2.24) is 0 Å². The van der Waals surface area contributed by atoms with Crippen molar-refractivity contribution < 1.29 is 99.8 Å². The van der Waals surface area contributed by atoms with Crippen LogP contribution in [0.2, 0.25) is 0 Å². The number of quaternary nitrogens is 4. The zero-order chi connectivity index (χ0) is 51.7. The average molecular weight is 1120 g/mol. The van der Waals surface area contributed by atoms with Crippen LogP contribution in [0.4, 0.5) is 0 Å². The van der Waals surface area contributed by atoms with Gasteiger partial charge in [-0.2, -0.15) is 0 Å². The molecule has 0 aromatic carbocycles. The molecule has 5 fully saturated rings. The fraction of sp³-hybridized carbons (Fsp3) is 0.932. The third-order valence-corrected chi connectivity index (χ3v) is 19.2. The van der Waals surface area contributed by atoms with Gasteiger partial charge in [-0.25, -0.2) is 4.79 Å². The Hall–Kier alpha value is -0.400. The van der Waals surface area contributed by atoms with Crippen LogP contribution >= 0.6 is 0 Å². The van der Waals surface area contributed by atoms with Crippen molar-refractivity contribution in [1.29, 1.82) is 0 Å². The van der Waals surface area contributed by atoms with Crippen LogP contribution in [0, 0.1) is 56.7 Å². The number of nitrogens with one attached hydrogen (secondary N) is 1. The summed E-state index contributed by atoms with van der Waals surface area (Å²) < 4.78 is 12.3. The smallest absolute Gasteiger partial charge is 0.361 e. The second-order valence-electron chi connectivity index (χ2n) is 24.3. The fourth-order valence-corrected chi connectivity index (χ4v) is 15.0. The van der Waals surface area contributed by atoms with Crippen molar-refractivity contribution in [3.05, 3.63) is 12.2 Å². The van der Waals surface area contributed by atoms with E-state index in [1.165, 1.54) is 101 Å². The molecule has 0 aliphatic heterocycles. The molecule has 11 atom stereocenters. The molecule has 0 aromatic heterocycles. The Labute approximate surface area is 474 Å². The molecule has 438 valence electrons. The van der Waals surface area contributed by atoms with E-state index in [9.17, 15) is 9.59 Å². The topological polar surface area (TPSA) is 147 Å². The first kappa shape index (κ1) is 76.8. The second-order valence-corrected chi connectivity index (χ2v) is 24.3. The van der Waals surface area contributed by atoms with E-state index in [1.54, 1.807) is 0 Å². The number of fused-ring (bicyclic) bond motifs is 7. The first-order valence-electron chi connectivity index (χ1n) is 29.3. The number of carbonyl (C=O) groups excluding carboxylic acids is 2. The summed E-state index contributed by atoms with van der Waals surface area (Å²) in [5.41, 5.74) is 2.12. The van der Waals surface area contributed by atoms with Crippen molar-refractivity contribution in [3.63, 3.8) is 0 Å². The highest BCUT2D eigenvalue weighted by Crippen LogP contribution is 2.77. The van der Waals surface area contributed by atoms with E-state index in [-0.39, 0.29) is 101 Å². The summed E-state index contributed by atoms with van der Waals surface area (Å²) in [6.07, 6.45) is 24.4. The number of nitrogens with two attached hydrogens (primary N) is 3. The molecule has 0 heterocycles. The van der Waals surface area contributed by atoms with Crippen LogP contribution in [0.5, 0.6) is 0 Å². The van der Waals surface area contributed by atoms with Gasteiger partial charge >= 0.3 is 11.9 Å². The summed E-state index contributed by atoms with van der Waals surface area (Å²) in [5.74, 6) is 2.77. The van der Waals surface area contributed by atoms with E-state index in [2.05, 4.69) is 106 Å². The number of hydrogen-bond acceptors (Lipinski definition) is 6. The molecule has 0 amide bonds. The maximum atomic E-state index is 13.1. The summed E-state index contributed by atoms with van der Waals surface area (Å²) in [4.78, 5) is 27.0. The summed E-state index contributed by atoms with van der Waals surface area (Å²) in [5, 5.41) is 24.1. The molecule has 5 saturated carbocycles. The van der Waals surface area contributed by atoms with Gasteiger partial charge in [0, 0.05) is 30.5 Å². The van der Waals surface area contributed by atoms with E-state index >= 15 is 0 Å². The summed E-state index contributed by atoms with van der Waals surface area (Å²) in [6.45, 7) is 38.4. The molecule has 5 aliphatic rings. The highest BCUT2D eigenvalue weighted by Gasteiger charge is 2.71. The first-order valence-corrected chi connectivity index (χ1v) is 29.3. The van der Waals surface area contributed by atoms with Crippen LogP contribution in [-0.4, -0.2) is 108 Å². The maximum Gasteiger partial charge on any atom is 0.361 e. The lowest BCUT2D eigenvalue weighted by molar-refractivity contribution is -0.893. The van der Waals surface area contributed by atoms with Crippen LogP contribution in [0.1, 0.15) is 211 Å². The minimum Gasteiger partial charge on any atom is -1.00 e. The van der Waals surface area contributed by atoms with Gasteiger partial charge in [0.05, 0.1) is 33.8 Å².